The highest BCUT2D eigenvalue weighted by Crippen LogP contribution is 2.23. The van der Waals surface area contributed by atoms with Crippen LogP contribution in [0.5, 0.6) is 0 Å². The van der Waals surface area contributed by atoms with Gasteiger partial charge < -0.3 is 10.2 Å². The van der Waals surface area contributed by atoms with Gasteiger partial charge in [0.2, 0.25) is 5.91 Å². The number of likely N-dealkylation sites (tertiary alicyclic amines) is 1. The lowest BCUT2D eigenvalue weighted by molar-refractivity contribution is -0.131. The third-order valence-corrected chi connectivity index (χ3v) is 8.31. The van der Waals surface area contributed by atoms with Crippen molar-refractivity contribution in [1.82, 2.24) is 9.88 Å². The van der Waals surface area contributed by atoms with Crippen LogP contribution < -0.4 is 5.32 Å². The number of fused-ring (bicyclic) bond motifs is 1. The van der Waals surface area contributed by atoms with Crippen molar-refractivity contribution in [3.63, 3.8) is 0 Å². The van der Waals surface area contributed by atoms with Gasteiger partial charge in [0.15, 0.2) is 15.0 Å². The molecule has 1 fully saturated rings. The number of hydrogen-bond acceptors (Lipinski definition) is 6. The van der Waals surface area contributed by atoms with Gasteiger partial charge in [-0.25, -0.2) is 13.4 Å². The zero-order chi connectivity index (χ0) is 22.0. The zero-order valence-corrected chi connectivity index (χ0v) is 19.4. The Labute approximate surface area is 187 Å². The van der Waals surface area contributed by atoms with Crippen molar-refractivity contribution in [3.05, 3.63) is 53.0 Å². The van der Waals surface area contributed by atoms with E-state index in [4.69, 9.17) is 0 Å². The molecule has 0 atom stereocenters. The van der Waals surface area contributed by atoms with Crippen LogP contribution in [0.25, 0.3) is 10.8 Å². The molecule has 0 unspecified atom stereocenters. The summed E-state index contributed by atoms with van der Waals surface area (Å²) in [6, 6.07) is 11.4. The highest BCUT2D eigenvalue weighted by molar-refractivity contribution is 7.91. The van der Waals surface area contributed by atoms with Gasteiger partial charge in [0, 0.05) is 30.9 Å². The van der Waals surface area contributed by atoms with Crippen LogP contribution in [0, 0.1) is 13.8 Å². The Bertz CT molecular complexity index is 1200. The number of nitrogens with zero attached hydrogens (tertiary/aromatic N) is 2. The van der Waals surface area contributed by atoms with Crippen LogP contribution in [-0.4, -0.2) is 49.1 Å². The van der Waals surface area contributed by atoms with Crippen LogP contribution >= 0.6 is 11.3 Å². The summed E-state index contributed by atoms with van der Waals surface area (Å²) in [5.74, 6) is -0.261. The van der Waals surface area contributed by atoms with Gasteiger partial charge >= 0.3 is 0 Å². The minimum atomic E-state index is -3.51. The van der Waals surface area contributed by atoms with Gasteiger partial charge in [-0.2, -0.15) is 0 Å². The predicted octanol–water partition coefficient (Wildman–Crippen LogP) is 4.18. The van der Waals surface area contributed by atoms with Crippen molar-refractivity contribution in [1.29, 1.82) is 0 Å². The average Bonchev–Trinajstić information content (AvgIpc) is 3.16. The summed E-state index contributed by atoms with van der Waals surface area (Å²) in [5.41, 5.74) is 2.14. The minimum absolute atomic E-state index is 0.0119. The minimum Gasteiger partial charge on any atom is -0.359 e. The lowest BCUT2D eigenvalue weighted by atomic mass is 10.1. The molecule has 0 bridgehead atoms. The van der Waals surface area contributed by atoms with Crippen molar-refractivity contribution < 1.29 is 13.2 Å². The second-order valence-electron chi connectivity index (χ2n) is 8.17. The van der Waals surface area contributed by atoms with Crippen molar-refractivity contribution in [2.45, 2.75) is 44.0 Å². The Kier molecular flexibility index (Phi) is 6.29. The fourth-order valence-electron chi connectivity index (χ4n) is 3.90. The van der Waals surface area contributed by atoms with E-state index in [1.807, 2.05) is 43.5 Å². The molecule has 164 valence electrons. The standard InChI is InChI=1S/C23H27N3O3S2/c1-16-3-4-19-14-21(6-5-18(19)13-16)31(28,29)12-9-22(27)26-10-7-20(8-11-26)25-23-24-17(2)15-30-23/h3-6,13-15,20H,7-12H2,1-2H3,(H,24,25). The first kappa shape index (κ1) is 21.8. The lowest BCUT2D eigenvalue weighted by Crippen LogP contribution is -2.42. The number of carbonyl (C=O) groups is 1. The molecule has 1 amide bonds. The Morgan fingerprint density at radius 1 is 1.13 bits per heavy atom. The molecular weight excluding hydrogens is 430 g/mol. The van der Waals surface area contributed by atoms with Crippen LogP contribution in [0.2, 0.25) is 0 Å². The first-order chi connectivity index (χ1) is 14.8. The molecule has 0 aliphatic carbocycles. The van der Waals surface area contributed by atoms with E-state index in [-0.39, 0.29) is 23.0 Å². The second-order valence-corrected chi connectivity index (χ2v) is 11.1. The number of thiazole rings is 1. The van der Waals surface area contributed by atoms with E-state index in [2.05, 4.69) is 10.3 Å². The second kappa shape index (κ2) is 8.96. The molecule has 0 radical (unpaired) electrons. The Hall–Kier alpha value is -2.45. The van der Waals surface area contributed by atoms with Crippen molar-refractivity contribution in [2.75, 3.05) is 24.2 Å². The molecule has 0 spiro atoms. The number of hydrogen-bond donors (Lipinski definition) is 1. The summed E-state index contributed by atoms with van der Waals surface area (Å²) < 4.78 is 25.6. The number of benzene rings is 2. The van der Waals surface area contributed by atoms with Crippen LogP contribution in [0.1, 0.15) is 30.5 Å². The van der Waals surface area contributed by atoms with Gasteiger partial charge in [-0.3, -0.25) is 4.79 Å². The SMILES string of the molecule is Cc1ccc2cc(S(=O)(=O)CCC(=O)N3CCC(Nc4nc(C)cs4)CC3)ccc2c1. The van der Waals surface area contributed by atoms with Gasteiger partial charge in [-0.05, 0) is 49.6 Å². The number of aryl methyl sites for hydroxylation is 2. The number of nitrogens with one attached hydrogen (secondary N) is 1. The van der Waals surface area contributed by atoms with Gasteiger partial charge in [0.05, 0.1) is 16.3 Å². The first-order valence-electron chi connectivity index (χ1n) is 10.5. The maximum atomic E-state index is 12.8. The first-order valence-corrected chi connectivity index (χ1v) is 13.0. The molecule has 1 aliphatic rings. The molecule has 3 aromatic rings. The van der Waals surface area contributed by atoms with Crippen LogP contribution in [0.3, 0.4) is 0 Å². The molecule has 1 saturated heterocycles. The van der Waals surface area contributed by atoms with E-state index in [0.29, 0.717) is 19.1 Å². The Balaban J connectivity index is 1.31. The normalized spacial score (nSPS) is 15.4. The average molecular weight is 458 g/mol. The third-order valence-electron chi connectivity index (χ3n) is 5.71. The van der Waals surface area contributed by atoms with Gasteiger partial charge in [0.25, 0.3) is 0 Å². The molecule has 4 rings (SSSR count). The smallest absolute Gasteiger partial charge is 0.223 e. The fourth-order valence-corrected chi connectivity index (χ4v) is 5.93. The van der Waals surface area contributed by atoms with Gasteiger partial charge in [0.1, 0.15) is 0 Å². The Morgan fingerprint density at radius 3 is 2.55 bits per heavy atom. The zero-order valence-electron chi connectivity index (χ0n) is 17.8. The van der Waals surface area contributed by atoms with Crippen molar-refractivity contribution in [2.24, 2.45) is 0 Å². The molecule has 31 heavy (non-hydrogen) atoms. The molecule has 1 aliphatic heterocycles. The van der Waals surface area contributed by atoms with E-state index < -0.39 is 9.84 Å². The molecule has 6 nitrogen and oxygen atoms in total. The summed E-state index contributed by atoms with van der Waals surface area (Å²) in [5, 5.41) is 8.26. The number of amides is 1. The number of carbonyl (C=O) groups excluding carboxylic acids is 1. The summed E-state index contributed by atoms with van der Waals surface area (Å²) in [4.78, 5) is 19.1. The molecule has 2 heterocycles. The van der Waals surface area contributed by atoms with E-state index in [9.17, 15) is 13.2 Å². The highest BCUT2D eigenvalue weighted by Gasteiger charge is 2.25. The molecule has 8 heteroatoms. The van der Waals surface area contributed by atoms with Gasteiger partial charge in [-0.1, -0.05) is 29.8 Å². The van der Waals surface area contributed by atoms with E-state index in [1.165, 1.54) is 0 Å². The number of rotatable bonds is 6. The summed E-state index contributed by atoms with van der Waals surface area (Å²) in [6.07, 6.45) is 1.68. The Morgan fingerprint density at radius 2 is 1.84 bits per heavy atom. The number of sulfone groups is 1. The van der Waals surface area contributed by atoms with E-state index >= 15 is 0 Å². The molecule has 1 aromatic heterocycles. The number of anilines is 1. The monoisotopic (exact) mass is 457 g/mol. The number of aromatic nitrogens is 1. The molecule has 0 saturated carbocycles. The highest BCUT2D eigenvalue weighted by atomic mass is 32.2. The summed E-state index contributed by atoms with van der Waals surface area (Å²) in [7, 11) is -3.51. The quantitative estimate of drug-likeness (QED) is 0.601. The number of piperidine rings is 1. The fraction of sp³-hybridized carbons (Fsp3) is 0.391. The van der Waals surface area contributed by atoms with Crippen LogP contribution in [0.4, 0.5) is 5.13 Å². The maximum Gasteiger partial charge on any atom is 0.223 e. The van der Waals surface area contributed by atoms with E-state index in [1.54, 1.807) is 28.4 Å². The van der Waals surface area contributed by atoms with Crippen LogP contribution in [0.15, 0.2) is 46.7 Å². The van der Waals surface area contributed by atoms with Gasteiger partial charge in [-0.15, -0.1) is 11.3 Å². The molecule has 1 N–H and O–H groups in total. The van der Waals surface area contributed by atoms with E-state index in [0.717, 1.165) is 40.0 Å². The molecule has 2 aromatic carbocycles. The predicted molar refractivity (Wildman–Crippen MR) is 125 cm³/mol. The largest absolute Gasteiger partial charge is 0.359 e. The summed E-state index contributed by atoms with van der Waals surface area (Å²) >= 11 is 1.59. The maximum absolute atomic E-state index is 12.8. The van der Waals surface area contributed by atoms with Crippen molar-refractivity contribution in [3.8, 4) is 0 Å². The molecular formula is C23H27N3O3S2. The summed E-state index contributed by atoms with van der Waals surface area (Å²) in [6.45, 7) is 5.25. The third kappa shape index (κ3) is 5.25. The van der Waals surface area contributed by atoms with Crippen molar-refractivity contribution >= 4 is 43.0 Å². The van der Waals surface area contributed by atoms with Crippen LogP contribution in [-0.2, 0) is 14.6 Å². The topological polar surface area (TPSA) is 79.4 Å². The lowest BCUT2D eigenvalue weighted by Gasteiger charge is -2.32.